The lowest BCUT2D eigenvalue weighted by molar-refractivity contribution is 0.0947. The van der Waals surface area contributed by atoms with Crippen LogP contribution in [0.1, 0.15) is 83.3 Å². The molecule has 0 fully saturated rings. The van der Waals surface area contributed by atoms with E-state index in [0.29, 0.717) is 17.9 Å². The topological polar surface area (TPSA) is 49.7 Å². The third kappa shape index (κ3) is 6.02. The molecule has 0 spiro atoms. The van der Waals surface area contributed by atoms with Gasteiger partial charge in [0.15, 0.2) is 0 Å². The van der Waals surface area contributed by atoms with E-state index < -0.39 is 6.10 Å². The Hall–Kier alpha value is -4.34. The summed E-state index contributed by atoms with van der Waals surface area (Å²) in [5.74, 6) is 1.01. The molecule has 3 heteroatoms. The first kappa shape index (κ1) is 29.4. The molecule has 7 rings (SSSR count). The van der Waals surface area contributed by atoms with Gasteiger partial charge in [-0.25, -0.2) is 0 Å². The second-order valence-corrected chi connectivity index (χ2v) is 12.8. The molecule has 2 aliphatic carbocycles. The van der Waals surface area contributed by atoms with Crippen LogP contribution in [0.4, 0.5) is 0 Å². The van der Waals surface area contributed by atoms with E-state index in [1.807, 2.05) is 72.8 Å². The summed E-state index contributed by atoms with van der Waals surface area (Å²) in [7, 11) is 0. The van der Waals surface area contributed by atoms with Crippen molar-refractivity contribution >= 4 is 0 Å². The summed E-state index contributed by atoms with van der Waals surface area (Å²) >= 11 is 0. The first-order valence-electron chi connectivity index (χ1n) is 16.6. The number of fused-ring (bicyclic) bond motifs is 2. The van der Waals surface area contributed by atoms with Crippen molar-refractivity contribution in [2.75, 3.05) is 0 Å². The third-order valence-corrected chi connectivity index (χ3v) is 9.74. The molecule has 0 aliphatic heterocycles. The lowest BCUT2D eigenvalue weighted by Crippen LogP contribution is -2.13. The average Bonchev–Trinajstić information content (AvgIpc) is 3.09. The van der Waals surface area contributed by atoms with Crippen molar-refractivity contribution in [3.05, 3.63) is 142 Å². The summed E-state index contributed by atoms with van der Waals surface area (Å²) in [5.41, 5.74) is 12.7. The van der Waals surface area contributed by atoms with Crippen LogP contribution in [0, 0.1) is 6.92 Å². The molecule has 0 aromatic heterocycles. The Kier molecular flexibility index (Phi) is 8.45. The van der Waals surface area contributed by atoms with Gasteiger partial charge < -0.3 is 14.9 Å². The number of hydrogen-bond donors (Lipinski definition) is 2. The lowest BCUT2D eigenvalue weighted by Gasteiger charge is -2.29. The van der Waals surface area contributed by atoms with E-state index in [4.69, 9.17) is 4.74 Å². The predicted octanol–water partition coefficient (Wildman–Crippen LogP) is 10.0. The van der Waals surface area contributed by atoms with Crippen molar-refractivity contribution in [3.8, 4) is 33.8 Å². The number of para-hydroxylation sites is 1. The fourth-order valence-electron chi connectivity index (χ4n) is 7.52. The summed E-state index contributed by atoms with van der Waals surface area (Å²) in [6.45, 7) is 2.13. The second-order valence-electron chi connectivity index (χ2n) is 12.8. The maximum absolute atomic E-state index is 12.2. The fraction of sp³-hybridized carbons (Fsp3) is 0.286. The van der Waals surface area contributed by atoms with E-state index in [1.165, 1.54) is 53.5 Å². The van der Waals surface area contributed by atoms with Gasteiger partial charge in [-0.05, 0) is 121 Å². The van der Waals surface area contributed by atoms with Crippen molar-refractivity contribution in [3.63, 3.8) is 0 Å². The predicted molar refractivity (Wildman–Crippen MR) is 183 cm³/mol. The summed E-state index contributed by atoms with van der Waals surface area (Å²) in [6, 6.07) is 34.6. The molecule has 3 nitrogen and oxygen atoms in total. The van der Waals surface area contributed by atoms with Gasteiger partial charge in [0.05, 0.1) is 6.10 Å². The highest BCUT2D eigenvalue weighted by atomic mass is 16.5. The molecule has 2 aliphatic rings. The molecule has 0 saturated heterocycles. The maximum atomic E-state index is 12.2. The number of ether oxygens (including phenoxy) is 1. The van der Waals surface area contributed by atoms with Gasteiger partial charge in [-0.2, -0.15) is 0 Å². The Morgan fingerprint density at radius 2 is 1.18 bits per heavy atom. The molecule has 5 aromatic rings. The highest BCUT2D eigenvalue weighted by Crippen LogP contribution is 2.48. The summed E-state index contributed by atoms with van der Waals surface area (Å²) in [6.07, 6.45) is 8.60. The quantitative estimate of drug-likeness (QED) is 0.188. The molecular weight excluding hydrogens is 552 g/mol. The van der Waals surface area contributed by atoms with Gasteiger partial charge in [-0.1, -0.05) is 84.9 Å². The normalized spacial score (nSPS) is 15.5. The van der Waals surface area contributed by atoms with Gasteiger partial charge in [0.1, 0.15) is 17.6 Å². The Bertz CT molecular complexity index is 1760. The number of phenolic OH excluding ortho intramolecular Hbond substituents is 1. The summed E-state index contributed by atoms with van der Waals surface area (Å²) in [4.78, 5) is 0. The van der Waals surface area contributed by atoms with Crippen LogP contribution in [0.2, 0.25) is 0 Å². The van der Waals surface area contributed by atoms with Crippen molar-refractivity contribution in [2.45, 2.75) is 76.9 Å². The Morgan fingerprint density at radius 3 is 1.84 bits per heavy atom. The largest absolute Gasteiger partial charge is 0.507 e. The van der Waals surface area contributed by atoms with Crippen LogP contribution in [0.25, 0.3) is 22.3 Å². The van der Waals surface area contributed by atoms with Crippen LogP contribution in [-0.4, -0.2) is 10.2 Å². The lowest BCUT2D eigenvalue weighted by atomic mass is 9.76. The zero-order chi connectivity index (χ0) is 30.8. The van der Waals surface area contributed by atoms with E-state index in [9.17, 15) is 10.2 Å². The zero-order valence-electron chi connectivity index (χ0n) is 26.1. The smallest absolute Gasteiger partial charge is 0.131 e. The number of aryl methyl sites for hydroxylation is 3. The highest BCUT2D eigenvalue weighted by Gasteiger charge is 2.27. The number of hydrogen-bond acceptors (Lipinski definition) is 3. The molecule has 0 saturated carbocycles. The Morgan fingerprint density at radius 1 is 0.622 bits per heavy atom. The number of aliphatic hydroxyl groups excluding tert-OH is 1. The van der Waals surface area contributed by atoms with Crippen LogP contribution in [0.15, 0.2) is 103 Å². The molecule has 2 atom stereocenters. The Balaban J connectivity index is 1.32. The van der Waals surface area contributed by atoms with Crippen LogP contribution >= 0.6 is 0 Å². The molecular formula is C42H42O3. The van der Waals surface area contributed by atoms with Gasteiger partial charge in [0, 0.05) is 23.1 Å². The van der Waals surface area contributed by atoms with Gasteiger partial charge in [-0.15, -0.1) is 0 Å². The van der Waals surface area contributed by atoms with E-state index in [2.05, 4.69) is 37.3 Å². The van der Waals surface area contributed by atoms with Crippen molar-refractivity contribution in [1.29, 1.82) is 0 Å². The van der Waals surface area contributed by atoms with Crippen molar-refractivity contribution in [2.24, 2.45) is 0 Å². The third-order valence-electron chi connectivity index (χ3n) is 9.74. The summed E-state index contributed by atoms with van der Waals surface area (Å²) < 4.78 is 6.83. The molecule has 0 amide bonds. The van der Waals surface area contributed by atoms with Crippen LogP contribution < -0.4 is 4.74 Å². The molecule has 228 valence electrons. The number of aromatic hydroxyl groups is 1. The first-order valence-corrected chi connectivity index (χ1v) is 16.6. The van der Waals surface area contributed by atoms with Gasteiger partial charge in [0.2, 0.25) is 0 Å². The number of benzene rings is 5. The first-order chi connectivity index (χ1) is 22.1. The molecule has 45 heavy (non-hydrogen) atoms. The van der Waals surface area contributed by atoms with Gasteiger partial charge >= 0.3 is 0 Å². The van der Waals surface area contributed by atoms with Gasteiger partial charge in [-0.3, -0.25) is 0 Å². The second kappa shape index (κ2) is 12.9. The monoisotopic (exact) mass is 594 g/mol. The van der Waals surface area contributed by atoms with Crippen molar-refractivity contribution in [1.82, 2.24) is 0 Å². The minimum atomic E-state index is -0.682. The number of phenols is 1. The minimum absolute atomic E-state index is 0.323. The number of rotatable bonds is 8. The Labute approximate surface area is 267 Å². The standard InChI is InChI=1S/C42H42O3/c1-28-24-36(42(44)37(25-28)41-33-20-10-8-18-31(33)26-32-19-9-11-21-34(32)41)35-22-12-13-23-39(35)45-40(30-16-6-3-7-17-30)27-38(43)29-14-4-2-5-15-29/h2-7,12-17,22-26,38,40,43-44H,8-11,18-21,27H2,1H3/t38?,40-/m1/s1. The van der Waals surface area contributed by atoms with E-state index in [-0.39, 0.29) is 6.10 Å². The average molecular weight is 595 g/mol. The van der Waals surface area contributed by atoms with Crippen LogP contribution in [0.5, 0.6) is 11.5 Å². The minimum Gasteiger partial charge on any atom is -0.507 e. The maximum Gasteiger partial charge on any atom is 0.131 e. The molecule has 5 aromatic carbocycles. The highest BCUT2D eigenvalue weighted by molar-refractivity contribution is 5.88. The number of aliphatic hydroxyl groups is 1. The van der Waals surface area contributed by atoms with E-state index >= 15 is 0 Å². The van der Waals surface area contributed by atoms with Gasteiger partial charge in [0.25, 0.3) is 0 Å². The van der Waals surface area contributed by atoms with E-state index in [1.54, 1.807) is 0 Å². The summed E-state index contributed by atoms with van der Waals surface area (Å²) in [5, 5.41) is 23.4. The van der Waals surface area contributed by atoms with Crippen molar-refractivity contribution < 1.29 is 14.9 Å². The van der Waals surface area contributed by atoms with Crippen LogP contribution in [-0.2, 0) is 25.7 Å². The van der Waals surface area contributed by atoms with Crippen LogP contribution in [0.3, 0.4) is 0 Å². The van der Waals surface area contributed by atoms with E-state index in [0.717, 1.165) is 59.1 Å². The molecule has 0 radical (unpaired) electrons. The zero-order valence-corrected chi connectivity index (χ0v) is 26.1. The molecule has 0 bridgehead atoms. The SMILES string of the molecule is Cc1cc(-c2ccccc2O[C@H](CC(O)c2ccccc2)c2ccccc2)c(O)c(-c2c3c(cc4c2CCCC4)CCCC3)c1. The molecule has 2 N–H and O–H groups in total. The fourth-order valence-corrected chi connectivity index (χ4v) is 7.52. The molecule has 0 heterocycles. The molecule has 1 unspecified atom stereocenters.